The fraction of sp³-hybridized carbons (Fsp3) is 0.533. The number of piperazine rings is 1. The molecule has 1 aliphatic rings. The minimum Gasteiger partial charge on any atom is -0.347 e. The largest absolute Gasteiger partial charge is 0.347 e. The maximum absolute atomic E-state index is 12.7. The zero-order valence-electron chi connectivity index (χ0n) is 12.6. The smallest absolute Gasteiger partial charge is 0.244 e. The number of hydrogen-bond donors (Lipinski definition) is 1. The minimum atomic E-state index is -0.327. The first kappa shape index (κ1) is 16.6. The molecule has 1 aromatic carbocycles. The quantitative estimate of drug-likeness (QED) is 0.925. The maximum atomic E-state index is 12.7. The molecule has 1 heterocycles. The Balaban J connectivity index is 2.39. The number of carbonyl (C=O) groups excluding carboxylic acids is 1. The van der Waals surface area contributed by atoms with Gasteiger partial charge >= 0.3 is 0 Å². The zero-order valence-corrected chi connectivity index (χ0v) is 14.1. The number of nitrogens with zero attached hydrogens (tertiary/aromatic N) is 2. The molecule has 1 N–H and O–H groups in total. The molecule has 6 heteroatoms. The molecule has 0 saturated carbocycles. The van der Waals surface area contributed by atoms with E-state index < -0.39 is 0 Å². The van der Waals surface area contributed by atoms with Crippen molar-refractivity contribution in [3.63, 3.8) is 0 Å². The highest BCUT2D eigenvalue weighted by Crippen LogP contribution is 2.30. The predicted molar refractivity (Wildman–Crippen MR) is 86.9 cm³/mol. The van der Waals surface area contributed by atoms with Crippen molar-refractivity contribution in [2.45, 2.75) is 19.0 Å². The Kier molecular flexibility index (Phi) is 5.49. The van der Waals surface area contributed by atoms with Crippen molar-refractivity contribution >= 4 is 29.1 Å². The number of likely N-dealkylation sites (N-methyl/N-ethyl adjacent to an activating group) is 1. The molecule has 0 aromatic heterocycles. The van der Waals surface area contributed by atoms with Gasteiger partial charge in [0.15, 0.2) is 0 Å². The van der Waals surface area contributed by atoms with Crippen molar-refractivity contribution in [3.05, 3.63) is 33.8 Å². The molecular weight excluding hydrogens is 309 g/mol. The molecule has 1 amide bonds. The van der Waals surface area contributed by atoms with Gasteiger partial charge in [-0.3, -0.25) is 9.69 Å². The van der Waals surface area contributed by atoms with E-state index in [1.807, 2.05) is 6.07 Å². The van der Waals surface area contributed by atoms with Gasteiger partial charge in [-0.15, -0.1) is 0 Å². The average molecular weight is 330 g/mol. The second-order valence-corrected chi connectivity index (χ2v) is 6.41. The van der Waals surface area contributed by atoms with Crippen molar-refractivity contribution in [2.75, 3.05) is 33.7 Å². The summed E-state index contributed by atoms with van der Waals surface area (Å²) in [6.45, 7) is 4.70. The summed E-state index contributed by atoms with van der Waals surface area (Å²) in [6.07, 6.45) is 0. The Morgan fingerprint density at radius 2 is 2.10 bits per heavy atom. The van der Waals surface area contributed by atoms with E-state index in [0.717, 1.165) is 25.2 Å². The van der Waals surface area contributed by atoms with E-state index in [9.17, 15) is 4.79 Å². The third kappa shape index (κ3) is 3.69. The van der Waals surface area contributed by atoms with E-state index in [4.69, 9.17) is 23.2 Å². The summed E-state index contributed by atoms with van der Waals surface area (Å²) >= 11 is 12.1. The van der Waals surface area contributed by atoms with Crippen molar-refractivity contribution < 1.29 is 4.79 Å². The van der Waals surface area contributed by atoms with Gasteiger partial charge in [0.25, 0.3) is 0 Å². The highest BCUT2D eigenvalue weighted by atomic mass is 35.5. The molecule has 0 spiro atoms. The van der Waals surface area contributed by atoms with E-state index in [1.54, 1.807) is 31.1 Å². The van der Waals surface area contributed by atoms with Gasteiger partial charge in [-0.25, -0.2) is 0 Å². The molecule has 2 unspecified atom stereocenters. The topological polar surface area (TPSA) is 35.6 Å². The molecule has 0 bridgehead atoms. The van der Waals surface area contributed by atoms with E-state index >= 15 is 0 Å². The third-order valence-corrected chi connectivity index (χ3v) is 4.56. The normalized spacial score (nSPS) is 21.1. The Bertz CT molecular complexity index is 522. The van der Waals surface area contributed by atoms with Crippen LogP contribution in [0.25, 0.3) is 0 Å². The van der Waals surface area contributed by atoms with Crippen LogP contribution in [0.15, 0.2) is 18.2 Å². The molecule has 21 heavy (non-hydrogen) atoms. The Morgan fingerprint density at radius 3 is 2.67 bits per heavy atom. The van der Waals surface area contributed by atoms with Crippen LogP contribution in [0.1, 0.15) is 18.5 Å². The summed E-state index contributed by atoms with van der Waals surface area (Å²) in [6, 6.07) is 5.39. The molecule has 116 valence electrons. The lowest BCUT2D eigenvalue weighted by Crippen LogP contribution is -2.54. The summed E-state index contributed by atoms with van der Waals surface area (Å²) in [7, 11) is 3.56. The highest BCUT2D eigenvalue weighted by Gasteiger charge is 2.33. The van der Waals surface area contributed by atoms with E-state index in [2.05, 4.69) is 17.1 Å². The van der Waals surface area contributed by atoms with Gasteiger partial charge in [-0.05, 0) is 24.6 Å². The first-order valence-electron chi connectivity index (χ1n) is 7.04. The Morgan fingerprint density at radius 1 is 1.38 bits per heavy atom. The first-order chi connectivity index (χ1) is 9.91. The number of hydrogen-bond acceptors (Lipinski definition) is 3. The van der Waals surface area contributed by atoms with Gasteiger partial charge in [0, 0.05) is 39.8 Å². The fourth-order valence-electron chi connectivity index (χ4n) is 2.64. The molecule has 1 aromatic rings. The predicted octanol–water partition coefficient (Wildman–Crippen LogP) is 2.42. The summed E-state index contributed by atoms with van der Waals surface area (Å²) in [5.41, 5.74) is 0.886. The van der Waals surface area contributed by atoms with Gasteiger partial charge in [-0.1, -0.05) is 29.3 Å². The minimum absolute atomic E-state index is 0.0575. The number of nitrogens with one attached hydrogen (secondary N) is 1. The number of halogens is 2. The van der Waals surface area contributed by atoms with E-state index in [0.29, 0.717) is 10.0 Å². The average Bonchev–Trinajstić information content (AvgIpc) is 2.44. The number of benzene rings is 1. The second kappa shape index (κ2) is 6.97. The second-order valence-electron chi connectivity index (χ2n) is 5.60. The van der Waals surface area contributed by atoms with Gasteiger partial charge in [0.05, 0.1) is 10.0 Å². The standard InChI is InChI=1S/C15H21Cl2N3O/c1-10-9-18-6-7-20(10)14(15(21)19(2)3)11-4-5-12(16)13(17)8-11/h4-5,8,10,14,18H,6-7,9H2,1-3H3. The molecular formula is C15H21Cl2N3O. The lowest BCUT2D eigenvalue weighted by Gasteiger charge is -2.40. The monoisotopic (exact) mass is 329 g/mol. The van der Waals surface area contributed by atoms with Gasteiger partial charge in [0.1, 0.15) is 6.04 Å². The number of amides is 1. The van der Waals surface area contributed by atoms with Gasteiger partial charge < -0.3 is 10.2 Å². The van der Waals surface area contributed by atoms with Crippen LogP contribution in [-0.2, 0) is 4.79 Å². The van der Waals surface area contributed by atoms with Crippen molar-refractivity contribution in [3.8, 4) is 0 Å². The summed E-state index contributed by atoms with van der Waals surface area (Å²) in [5, 5.41) is 4.33. The van der Waals surface area contributed by atoms with Gasteiger partial charge in [-0.2, -0.15) is 0 Å². The third-order valence-electron chi connectivity index (χ3n) is 3.82. The molecule has 1 saturated heterocycles. The van der Waals surface area contributed by atoms with Crippen LogP contribution in [0.4, 0.5) is 0 Å². The van der Waals surface area contributed by atoms with Crippen molar-refractivity contribution in [2.24, 2.45) is 0 Å². The van der Waals surface area contributed by atoms with E-state index in [-0.39, 0.29) is 18.0 Å². The Hall–Kier alpha value is -0.810. The van der Waals surface area contributed by atoms with Crippen LogP contribution < -0.4 is 5.32 Å². The highest BCUT2D eigenvalue weighted by molar-refractivity contribution is 6.42. The van der Waals surface area contributed by atoms with Crippen LogP contribution in [-0.4, -0.2) is 55.5 Å². The molecule has 0 aliphatic carbocycles. The summed E-state index contributed by atoms with van der Waals surface area (Å²) in [5.74, 6) is 0.0575. The van der Waals surface area contributed by atoms with Crippen LogP contribution >= 0.6 is 23.2 Å². The SMILES string of the molecule is CC1CNCCN1C(C(=O)N(C)C)c1ccc(Cl)c(Cl)c1. The lowest BCUT2D eigenvalue weighted by atomic mass is 10.0. The molecule has 2 rings (SSSR count). The molecule has 2 atom stereocenters. The number of rotatable bonds is 3. The fourth-order valence-corrected chi connectivity index (χ4v) is 2.95. The summed E-state index contributed by atoms with van der Waals surface area (Å²) in [4.78, 5) is 16.5. The maximum Gasteiger partial charge on any atom is 0.244 e. The summed E-state index contributed by atoms with van der Waals surface area (Å²) < 4.78 is 0. The molecule has 1 aliphatic heterocycles. The van der Waals surface area contributed by atoms with Crippen LogP contribution in [0.2, 0.25) is 10.0 Å². The molecule has 4 nitrogen and oxygen atoms in total. The van der Waals surface area contributed by atoms with Crippen LogP contribution in [0.5, 0.6) is 0 Å². The van der Waals surface area contributed by atoms with Crippen molar-refractivity contribution in [1.29, 1.82) is 0 Å². The molecule has 1 fully saturated rings. The lowest BCUT2D eigenvalue weighted by molar-refractivity contribution is -0.136. The van der Waals surface area contributed by atoms with Crippen LogP contribution in [0, 0.1) is 0 Å². The molecule has 0 radical (unpaired) electrons. The van der Waals surface area contributed by atoms with E-state index in [1.165, 1.54) is 0 Å². The van der Waals surface area contributed by atoms with Gasteiger partial charge in [0.2, 0.25) is 5.91 Å². The zero-order chi connectivity index (χ0) is 15.6. The van der Waals surface area contributed by atoms with Crippen LogP contribution in [0.3, 0.4) is 0 Å². The Labute approximate surface area is 136 Å². The first-order valence-corrected chi connectivity index (χ1v) is 7.80. The van der Waals surface area contributed by atoms with Crippen molar-refractivity contribution in [1.82, 2.24) is 15.1 Å². The number of carbonyl (C=O) groups is 1.